The summed E-state index contributed by atoms with van der Waals surface area (Å²) < 4.78 is 13.0. The standard InChI is InChI=1S/C36H22N2O.C24H14N2O/c1-3-12-23(13-4-1)30-22-31(24-14-5-2-6-15-24)38-36(37-30)35-34-29-19-10-9-18-27(29)25-16-7-8-17-26(25)28-20-11-21-32(39-35)33(28)34;1-2-8-16-15(7-1)17-9-3-4-10-19(17)22-21-18(16)11-5-12-20(21)27-23(22)24-25-13-6-14-26-24/h1-22H;1-14H. The minimum Gasteiger partial charge on any atom is -0.452 e. The molecule has 8 aromatic carbocycles. The van der Waals surface area contributed by atoms with Crippen LogP contribution in [0.1, 0.15) is 0 Å². The van der Waals surface area contributed by atoms with Gasteiger partial charge in [-0.15, -0.1) is 0 Å². The van der Waals surface area contributed by atoms with Crippen LogP contribution in [0.4, 0.5) is 0 Å². The van der Waals surface area contributed by atoms with E-state index in [2.05, 4.69) is 156 Å². The lowest BCUT2D eigenvalue weighted by molar-refractivity contribution is 0.626. The average molecular weight is 845 g/mol. The van der Waals surface area contributed by atoms with Gasteiger partial charge in [0.15, 0.2) is 23.2 Å². The second kappa shape index (κ2) is 15.4. The molecule has 0 N–H and O–H groups in total. The van der Waals surface area contributed by atoms with E-state index in [1.807, 2.05) is 60.7 Å². The Labute approximate surface area is 380 Å². The van der Waals surface area contributed by atoms with Crippen molar-refractivity contribution < 1.29 is 8.83 Å². The van der Waals surface area contributed by atoms with Gasteiger partial charge in [-0.1, -0.05) is 182 Å². The zero-order valence-electron chi connectivity index (χ0n) is 35.4. The highest BCUT2D eigenvalue weighted by Crippen LogP contribution is 2.53. The van der Waals surface area contributed by atoms with Crippen LogP contribution in [0.2, 0.25) is 0 Å². The van der Waals surface area contributed by atoms with Crippen LogP contribution in [-0.4, -0.2) is 19.9 Å². The third kappa shape index (κ3) is 6.04. The monoisotopic (exact) mass is 844 g/mol. The Morgan fingerprint density at radius 1 is 0.288 bits per heavy atom. The molecule has 308 valence electrons. The number of benzene rings is 8. The number of nitrogens with zero attached hydrogens (tertiary/aromatic N) is 4. The van der Waals surface area contributed by atoms with Crippen molar-refractivity contribution in [1.82, 2.24) is 19.9 Å². The first-order valence-corrected chi connectivity index (χ1v) is 22.0. The Morgan fingerprint density at radius 3 is 1.08 bits per heavy atom. The minimum atomic E-state index is 0.577. The van der Waals surface area contributed by atoms with E-state index in [0.717, 1.165) is 78.0 Å². The molecule has 6 nitrogen and oxygen atoms in total. The summed E-state index contributed by atoms with van der Waals surface area (Å²) in [5.74, 6) is 2.59. The third-order valence-corrected chi connectivity index (χ3v) is 12.7. The lowest BCUT2D eigenvalue weighted by Gasteiger charge is -2.12. The zero-order valence-corrected chi connectivity index (χ0v) is 35.4. The first-order valence-electron chi connectivity index (χ1n) is 22.0. The van der Waals surface area contributed by atoms with Crippen molar-refractivity contribution in [3.05, 3.63) is 219 Å². The van der Waals surface area contributed by atoms with Crippen molar-refractivity contribution in [2.75, 3.05) is 0 Å². The van der Waals surface area contributed by atoms with Gasteiger partial charge in [-0.05, 0) is 79.9 Å². The second-order valence-electron chi connectivity index (χ2n) is 16.4. The summed E-state index contributed by atoms with van der Waals surface area (Å²) in [4.78, 5) is 19.1. The molecule has 12 aromatic rings. The maximum absolute atomic E-state index is 6.68. The van der Waals surface area contributed by atoms with Gasteiger partial charge in [0.2, 0.25) is 0 Å². The van der Waals surface area contributed by atoms with Crippen molar-refractivity contribution in [3.8, 4) is 112 Å². The number of hydrogen-bond acceptors (Lipinski definition) is 6. The summed E-state index contributed by atoms with van der Waals surface area (Å²) in [5.41, 5.74) is 19.4. The summed E-state index contributed by atoms with van der Waals surface area (Å²) in [7, 11) is 0. The molecule has 6 heteroatoms. The average Bonchev–Trinajstić information content (AvgIpc) is 3.92. The highest BCUT2D eigenvalue weighted by atomic mass is 16.3. The van der Waals surface area contributed by atoms with Crippen LogP contribution < -0.4 is 0 Å². The van der Waals surface area contributed by atoms with E-state index >= 15 is 0 Å². The molecular formula is C60H36N4O2. The van der Waals surface area contributed by atoms with Crippen LogP contribution in [0.25, 0.3) is 134 Å². The first-order chi connectivity index (χ1) is 32.8. The Balaban J connectivity index is 0.000000141. The molecule has 0 fully saturated rings. The second-order valence-corrected chi connectivity index (χ2v) is 16.4. The molecule has 2 aliphatic carbocycles. The fourth-order valence-corrected chi connectivity index (χ4v) is 9.83. The van der Waals surface area contributed by atoms with Gasteiger partial charge < -0.3 is 8.83 Å². The minimum absolute atomic E-state index is 0.577. The lowest BCUT2D eigenvalue weighted by atomic mass is 9.94. The van der Waals surface area contributed by atoms with E-state index in [0.29, 0.717) is 17.4 Å². The van der Waals surface area contributed by atoms with Crippen LogP contribution in [0.3, 0.4) is 0 Å². The maximum atomic E-state index is 6.68. The molecule has 0 unspecified atom stereocenters. The molecule has 0 saturated heterocycles. The largest absolute Gasteiger partial charge is 0.452 e. The van der Waals surface area contributed by atoms with Crippen molar-refractivity contribution in [3.63, 3.8) is 0 Å². The van der Waals surface area contributed by atoms with Gasteiger partial charge in [-0.3, -0.25) is 0 Å². The summed E-state index contributed by atoms with van der Waals surface area (Å²) in [6, 6.07) is 71.1. The quantitative estimate of drug-likeness (QED) is 0.176. The van der Waals surface area contributed by atoms with E-state index < -0.39 is 0 Å². The van der Waals surface area contributed by atoms with Crippen molar-refractivity contribution >= 4 is 21.9 Å². The van der Waals surface area contributed by atoms with Crippen LogP contribution in [0.15, 0.2) is 227 Å². The molecule has 0 radical (unpaired) electrons. The molecule has 0 spiro atoms. The highest BCUT2D eigenvalue weighted by molar-refractivity contribution is 6.17. The molecule has 0 bridgehead atoms. The summed E-state index contributed by atoms with van der Waals surface area (Å²) in [6.07, 6.45) is 3.50. The fourth-order valence-electron chi connectivity index (χ4n) is 9.83. The maximum Gasteiger partial charge on any atom is 0.197 e. The molecular weight excluding hydrogens is 809 g/mol. The van der Waals surface area contributed by atoms with E-state index in [-0.39, 0.29) is 0 Å². The van der Waals surface area contributed by atoms with E-state index in [1.165, 1.54) is 38.9 Å². The van der Waals surface area contributed by atoms with E-state index in [1.54, 1.807) is 12.4 Å². The van der Waals surface area contributed by atoms with Gasteiger partial charge in [0.1, 0.15) is 11.2 Å². The van der Waals surface area contributed by atoms with Crippen LogP contribution in [0.5, 0.6) is 0 Å². The topological polar surface area (TPSA) is 77.8 Å². The van der Waals surface area contributed by atoms with Crippen LogP contribution in [0, 0.1) is 0 Å². The fraction of sp³-hybridized carbons (Fsp3) is 0. The molecule has 4 aromatic heterocycles. The van der Waals surface area contributed by atoms with Crippen LogP contribution >= 0.6 is 0 Å². The summed E-state index contributed by atoms with van der Waals surface area (Å²) in [5, 5.41) is 2.22. The highest BCUT2D eigenvalue weighted by Gasteiger charge is 2.30. The molecule has 0 saturated carbocycles. The lowest BCUT2D eigenvalue weighted by Crippen LogP contribution is -1.96. The number of fused-ring (bicyclic) bond motifs is 10. The van der Waals surface area contributed by atoms with Gasteiger partial charge in [-0.25, -0.2) is 19.9 Å². The number of rotatable bonds is 4. The van der Waals surface area contributed by atoms with Gasteiger partial charge in [0.05, 0.1) is 11.4 Å². The van der Waals surface area contributed by atoms with Gasteiger partial charge in [-0.2, -0.15) is 0 Å². The Morgan fingerprint density at radius 2 is 0.636 bits per heavy atom. The molecule has 66 heavy (non-hydrogen) atoms. The Kier molecular flexibility index (Phi) is 8.74. The van der Waals surface area contributed by atoms with Crippen molar-refractivity contribution in [1.29, 1.82) is 0 Å². The molecule has 0 aliphatic heterocycles. The normalized spacial score (nSPS) is 11.6. The number of hydrogen-bond donors (Lipinski definition) is 0. The third-order valence-electron chi connectivity index (χ3n) is 12.7. The summed E-state index contributed by atoms with van der Waals surface area (Å²) >= 11 is 0. The predicted octanol–water partition coefficient (Wildman–Crippen LogP) is 15.7. The van der Waals surface area contributed by atoms with E-state index in [4.69, 9.17) is 18.8 Å². The van der Waals surface area contributed by atoms with Gasteiger partial charge in [0.25, 0.3) is 0 Å². The van der Waals surface area contributed by atoms with Crippen molar-refractivity contribution in [2.45, 2.75) is 0 Å². The van der Waals surface area contributed by atoms with Gasteiger partial charge in [0, 0.05) is 45.4 Å². The molecule has 2 aliphatic rings. The Bertz CT molecular complexity index is 3760. The summed E-state index contributed by atoms with van der Waals surface area (Å²) in [6.45, 7) is 0. The predicted molar refractivity (Wildman–Crippen MR) is 265 cm³/mol. The smallest absolute Gasteiger partial charge is 0.197 e. The molecule has 4 heterocycles. The first kappa shape index (κ1) is 37.5. The SMILES string of the molecule is c1ccc(-c2cc(-c3ccccc3)nc(-c3oc4cccc5c4c3-c3ccccc3-c3ccccc3-5)n2)cc1.c1cnc(-c2oc3cccc4c3c2-c2ccccc2-c2ccccc2-4)nc1. The van der Waals surface area contributed by atoms with Gasteiger partial charge >= 0.3 is 0 Å². The zero-order chi connectivity index (χ0) is 43.6. The number of furan rings is 2. The Hall–Kier alpha value is -9.00. The molecule has 0 atom stereocenters. The van der Waals surface area contributed by atoms with Crippen molar-refractivity contribution in [2.24, 2.45) is 0 Å². The number of aromatic nitrogens is 4. The molecule has 0 amide bonds. The van der Waals surface area contributed by atoms with E-state index in [9.17, 15) is 0 Å². The molecule has 14 rings (SSSR count). The van der Waals surface area contributed by atoms with Crippen LogP contribution in [-0.2, 0) is 0 Å².